The molecule has 0 bridgehead atoms. The molecule has 5 heteroatoms. The second kappa shape index (κ2) is 7.46. The van der Waals surface area contributed by atoms with Crippen molar-refractivity contribution >= 4 is 29.1 Å². The quantitative estimate of drug-likeness (QED) is 0.857. The zero-order valence-electron chi connectivity index (χ0n) is 11.4. The summed E-state index contributed by atoms with van der Waals surface area (Å²) in [7, 11) is 0. The van der Waals surface area contributed by atoms with Crippen molar-refractivity contribution in [2.75, 3.05) is 0 Å². The number of nitrogens with one attached hydrogen (secondary N) is 1. The van der Waals surface area contributed by atoms with Crippen LogP contribution in [0.3, 0.4) is 0 Å². The third-order valence-electron chi connectivity index (χ3n) is 3.06. The summed E-state index contributed by atoms with van der Waals surface area (Å²) in [5.41, 5.74) is 8.22. The highest BCUT2D eigenvalue weighted by Gasteiger charge is 2.02. The van der Waals surface area contributed by atoms with E-state index in [1.807, 2.05) is 36.4 Å². The minimum absolute atomic E-state index is 0.272. The van der Waals surface area contributed by atoms with E-state index in [2.05, 4.69) is 5.32 Å². The van der Waals surface area contributed by atoms with Gasteiger partial charge in [0.2, 0.25) is 5.91 Å². The fraction of sp³-hybridized carbons (Fsp3) is 0.188. The summed E-state index contributed by atoms with van der Waals surface area (Å²) in [5, 5.41) is 4.61. The van der Waals surface area contributed by atoms with Crippen LogP contribution in [0.5, 0.6) is 0 Å². The van der Waals surface area contributed by atoms with Gasteiger partial charge >= 0.3 is 0 Å². The van der Waals surface area contributed by atoms with Crippen molar-refractivity contribution < 1.29 is 4.79 Å². The van der Waals surface area contributed by atoms with Gasteiger partial charge in [-0.15, -0.1) is 0 Å². The summed E-state index contributed by atoms with van der Waals surface area (Å²) in [6, 6.07) is 13.3. The summed E-state index contributed by atoms with van der Waals surface area (Å²) in [6.07, 6.45) is 0.272. The van der Waals surface area contributed by atoms with Crippen LogP contribution in [0.25, 0.3) is 0 Å². The molecule has 0 saturated heterocycles. The second-order valence-electron chi connectivity index (χ2n) is 4.80. The van der Waals surface area contributed by atoms with E-state index >= 15 is 0 Å². The van der Waals surface area contributed by atoms with Gasteiger partial charge in [0.1, 0.15) is 0 Å². The number of benzene rings is 2. The number of carbonyl (C=O) groups is 1. The molecule has 3 nitrogen and oxygen atoms in total. The molecule has 0 saturated carbocycles. The van der Waals surface area contributed by atoms with E-state index in [-0.39, 0.29) is 12.3 Å². The van der Waals surface area contributed by atoms with Gasteiger partial charge in [-0.25, -0.2) is 0 Å². The Balaban J connectivity index is 1.87. The number of hydrogen-bond acceptors (Lipinski definition) is 2. The Bertz CT molecular complexity index is 627. The first-order valence-electron chi connectivity index (χ1n) is 6.55. The maximum atomic E-state index is 10.8. The molecular weight excluding hydrogens is 307 g/mol. The first-order valence-corrected chi connectivity index (χ1v) is 7.31. The topological polar surface area (TPSA) is 55.1 Å². The number of primary amides is 1. The highest BCUT2D eigenvalue weighted by molar-refractivity contribution is 6.35. The lowest BCUT2D eigenvalue weighted by Gasteiger charge is -2.08. The van der Waals surface area contributed by atoms with Crippen molar-refractivity contribution in [1.29, 1.82) is 0 Å². The van der Waals surface area contributed by atoms with Crippen LogP contribution in [0.4, 0.5) is 0 Å². The molecule has 0 aliphatic rings. The molecular formula is C16H16Cl2N2O. The molecule has 2 rings (SSSR count). The van der Waals surface area contributed by atoms with E-state index in [1.54, 1.807) is 6.07 Å². The number of hydrogen-bond donors (Lipinski definition) is 2. The molecule has 110 valence electrons. The Labute approximate surface area is 134 Å². The average Bonchev–Trinajstić information content (AvgIpc) is 2.42. The van der Waals surface area contributed by atoms with Crippen LogP contribution < -0.4 is 11.1 Å². The van der Waals surface area contributed by atoms with E-state index < -0.39 is 0 Å². The number of carbonyl (C=O) groups excluding carboxylic acids is 1. The monoisotopic (exact) mass is 322 g/mol. The number of amides is 1. The normalized spacial score (nSPS) is 10.6. The average molecular weight is 323 g/mol. The highest BCUT2D eigenvalue weighted by atomic mass is 35.5. The smallest absolute Gasteiger partial charge is 0.221 e. The molecule has 0 aliphatic carbocycles. The molecule has 1 amide bonds. The standard InChI is InChI=1S/C16H16Cl2N2O/c17-14-6-5-13(15(18)8-14)10-20-9-12-3-1-11(2-4-12)7-16(19)21/h1-6,8,20H,7,9-10H2,(H2,19,21). The van der Waals surface area contributed by atoms with Crippen LogP contribution in [0.15, 0.2) is 42.5 Å². The Morgan fingerprint density at radius 2 is 1.67 bits per heavy atom. The zero-order chi connectivity index (χ0) is 15.2. The Morgan fingerprint density at radius 3 is 2.29 bits per heavy atom. The molecule has 0 atom stereocenters. The van der Waals surface area contributed by atoms with E-state index in [0.29, 0.717) is 16.6 Å². The van der Waals surface area contributed by atoms with Gasteiger partial charge in [-0.2, -0.15) is 0 Å². The predicted molar refractivity (Wildman–Crippen MR) is 86.3 cm³/mol. The van der Waals surface area contributed by atoms with Gasteiger partial charge < -0.3 is 11.1 Å². The summed E-state index contributed by atoms with van der Waals surface area (Å²) >= 11 is 12.0. The minimum atomic E-state index is -0.321. The van der Waals surface area contributed by atoms with Crippen LogP contribution in [-0.4, -0.2) is 5.91 Å². The molecule has 3 N–H and O–H groups in total. The molecule has 0 aliphatic heterocycles. The third kappa shape index (κ3) is 5.05. The molecule has 2 aromatic rings. The Morgan fingerprint density at radius 1 is 1.00 bits per heavy atom. The summed E-state index contributed by atoms with van der Waals surface area (Å²) in [4.78, 5) is 10.8. The first-order chi connectivity index (χ1) is 10.0. The number of nitrogens with two attached hydrogens (primary N) is 1. The fourth-order valence-electron chi connectivity index (χ4n) is 1.98. The van der Waals surface area contributed by atoms with Crippen LogP contribution in [0, 0.1) is 0 Å². The molecule has 0 unspecified atom stereocenters. The summed E-state index contributed by atoms with van der Waals surface area (Å²) in [6.45, 7) is 1.38. The Hall–Kier alpha value is -1.55. The zero-order valence-corrected chi connectivity index (χ0v) is 12.9. The molecule has 2 aromatic carbocycles. The summed E-state index contributed by atoms with van der Waals surface area (Å²) < 4.78 is 0. The van der Waals surface area contributed by atoms with Crippen molar-refractivity contribution in [1.82, 2.24) is 5.32 Å². The van der Waals surface area contributed by atoms with Gasteiger partial charge in [0.25, 0.3) is 0 Å². The predicted octanol–water partition coefficient (Wildman–Crippen LogP) is 3.31. The third-order valence-corrected chi connectivity index (χ3v) is 3.65. The van der Waals surface area contributed by atoms with Gasteiger partial charge in [0, 0.05) is 23.1 Å². The van der Waals surface area contributed by atoms with Crippen molar-refractivity contribution in [2.24, 2.45) is 5.73 Å². The lowest BCUT2D eigenvalue weighted by atomic mass is 10.1. The second-order valence-corrected chi connectivity index (χ2v) is 5.64. The van der Waals surface area contributed by atoms with Crippen LogP contribution in [0.1, 0.15) is 16.7 Å². The van der Waals surface area contributed by atoms with Crippen molar-refractivity contribution in [3.63, 3.8) is 0 Å². The van der Waals surface area contributed by atoms with Crippen LogP contribution >= 0.6 is 23.2 Å². The minimum Gasteiger partial charge on any atom is -0.369 e. The lowest BCUT2D eigenvalue weighted by molar-refractivity contribution is -0.117. The van der Waals surface area contributed by atoms with Crippen LogP contribution in [0.2, 0.25) is 10.0 Å². The van der Waals surface area contributed by atoms with Crippen molar-refractivity contribution in [3.05, 3.63) is 69.2 Å². The molecule has 0 heterocycles. The maximum absolute atomic E-state index is 10.8. The lowest BCUT2D eigenvalue weighted by Crippen LogP contribution is -2.14. The number of rotatable bonds is 6. The van der Waals surface area contributed by atoms with Gasteiger partial charge in [0.15, 0.2) is 0 Å². The van der Waals surface area contributed by atoms with Gasteiger partial charge in [-0.1, -0.05) is 53.5 Å². The molecule has 21 heavy (non-hydrogen) atoms. The van der Waals surface area contributed by atoms with Crippen molar-refractivity contribution in [2.45, 2.75) is 19.5 Å². The fourth-order valence-corrected chi connectivity index (χ4v) is 2.46. The van der Waals surface area contributed by atoms with Gasteiger partial charge in [0.05, 0.1) is 6.42 Å². The highest BCUT2D eigenvalue weighted by Crippen LogP contribution is 2.20. The van der Waals surface area contributed by atoms with Gasteiger partial charge in [-0.05, 0) is 28.8 Å². The van der Waals surface area contributed by atoms with Crippen molar-refractivity contribution in [3.8, 4) is 0 Å². The maximum Gasteiger partial charge on any atom is 0.221 e. The largest absolute Gasteiger partial charge is 0.369 e. The van der Waals surface area contributed by atoms with Gasteiger partial charge in [-0.3, -0.25) is 4.79 Å². The van der Waals surface area contributed by atoms with Crippen LogP contribution in [-0.2, 0) is 24.3 Å². The first kappa shape index (κ1) is 15.8. The molecule has 0 spiro atoms. The molecule has 0 aromatic heterocycles. The SMILES string of the molecule is NC(=O)Cc1ccc(CNCc2ccc(Cl)cc2Cl)cc1. The van der Waals surface area contributed by atoms with E-state index in [0.717, 1.165) is 23.2 Å². The van der Waals surface area contributed by atoms with E-state index in [1.165, 1.54) is 0 Å². The Kier molecular flexibility index (Phi) is 5.62. The van der Waals surface area contributed by atoms with E-state index in [9.17, 15) is 4.79 Å². The van der Waals surface area contributed by atoms with E-state index in [4.69, 9.17) is 28.9 Å². The number of halogens is 2. The summed E-state index contributed by atoms with van der Waals surface area (Å²) in [5.74, 6) is -0.321. The molecule has 0 fully saturated rings. The molecule has 0 radical (unpaired) electrons.